The van der Waals surface area contributed by atoms with E-state index in [1.54, 1.807) is 0 Å². The lowest BCUT2D eigenvalue weighted by molar-refractivity contribution is 0.660. The second-order valence-corrected chi connectivity index (χ2v) is 17.2. The predicted molar refractivity (Wildman–Crippen MR) is 253 cm³/mol. The highest BCUT2D eigenvalue weighted by Crippen LogP contribution is 2.51. The molecule has 0 saturated carbocycles. The van der Waals surface area contributed by atoms with Gasteiger partial charge < -0.3 is 4.90 Å². The summed E-state index contributed by atoms with van der Waals surface area (Å²) in [7, 11) is 0. The van der Waals surface area contributed by atoms with Crippen LogP contribution in [0.3, 0.4) is 0 Å². The maximum absolute atomic E-state index is 2.45. The van der Waals surface area contributed by atoms with Crippen LogP contribution in [0, 0.1) is 0 Å². The summed E-state index contributed by atoms with van der Waals surface area (Å²) in [6.07, 6.45) is 0. The van der Waals surface area contributed by atoms with Crippen molar-refractivity contribution in [2.24, 2.45) is 0 Å². The van der Waals surface area contributed by atoms with Crippen molar-refractivity contribution in [3.63, 3.8) is 0 Å². The molecule has 1 aromatic heterocycles. The van der Waals surface area contributed by atoms with Gasteiger partial charge >= 0.3 is 0 Å². The molecule has 59 heavy (non-hydrogen) atoms. The average molecular weight is 772 g/mol. The number of hydrogen-bond acceptors (Lipinski definition) is 2. The van der Waals surface area contributed by atoms with E-state index in [4.69, 9.17) is 0 Å². The second-order valence-electron chi connectivity index (χ2n) is 16.1. The van der Waals surface area contributed by atoms with E-state index in [0.29, 0.717) is 0 Å². The smallest absolute Gasteiger partial charge is 0.0540 e. The summed E-state index contributed by atoms with van der Waals surface area (Å²) >= 11 is 1.89. The Morgan fingerprint density at radius 3 is 1.66 bits per heavy atom. The van der Waals surface area contributed by atoms with Gasteiger partial charge in [-0.05, 0) is 104 Å². The monoisotopic (exact) mass is 771 g/mol. The Hall–Kier alpha value is -7.00. The molecular formula is C57H41NS. The molecule has 280 valence electrons. The Morgan fingerprint density at radius 1 is 0.356 bits per heavy atom. The van der Waals surface area contributed by atoms with E-state index < -0.39 is 0 Å². The Balaban J connectivity index is 1.06. The molecule has 1 aliphatic carbocycles. The molecule has 11 rings (SSSR count). The molecule has 0 unspecified atom stereocenters. The molecule has 0 spiro atoms. The van der Waals surface area contributed by atoms with Crippen molar-refractivity contribution in [2.45, 2.75) is 19.3 Å². The standard InChI is InChI=1S/C57H41NS/c1-57(2)52-22-12-9-20-47(52)48-34-33-45(37-53(48)57)58(54-23-13-10-19-46(54)41-17-7-4-8-18-41)44-31-29-42(30-32-44)50-35-43(36-51-49-21-11-14-24-55(49)59-56(50)51)40-27-25-39(26-28-40)38-15-5-3-6-16-38/h3-37H,1-2H3. The Labute approximate surface area is 350 Å². The number of para-hydroxylation sites is 1. The van der Waals surface area contributed by atoms with E-state index in [2.05, 4.69) is 231 Å². The lowest BCUT2D eigenvalue weighted by atomic mass is 9.82. The normalized spacial score (nSPS) is 12.7. The molecule has 0 radical (unpaired) electrons. The van der Waals surface area contributed by atoms with E-state index in [1.165, 1.54) is 86.9 Å². The van der Waals surface area contributed by atoms with Gasteiger partial charge in [0, 0.05) is 48.1 Å². The molecule has 0 aliphatic heterocycles. The first-order valence-corrected chi connectivity index (χ1v) is 21.2. The minimum Gasteiger partial charge on any atom is -0.310 e. The van der Waals surface area contributed by atoms with Crippen molar-refractivity contribution in [1.29, 1.82) is 0 Å². The fraction of sp³-hybridized carbons (Fsp3) is 0.0526. The van der Waals surface area contributed by atoms with Crippen LogP contribution < -0.4 is 4.90 Å². The molecule has 0 atom stereocenters. The highest BCUT2D eigenvalue weighted by atomic mass is 32.1. The zero-order chi connectivity index (χ0) is 39.5. The highest BCUT2D eigenvalue weighted by Gasteiger charge is 2.36. The summed E-state index contributed by atoms with van der Waals surface area (Å²) in [5.41, 5.74) is 18.4. The van der Waals surface area contributed by atoms with Gasteiger partial charge in [-0.25, -0.2) is 0 Å². The maximum atomic E-state index is 2.45. The number of benzene rings is 9. The zero-order valence-electron chi connectivity index (χ0n) is 33.1. The first kappa shape index (κ1) is 35.2. The van der Waals surface area contributed by atoms with Gasteiger partial charge in [0.15, 0.2) is 0 Å². The third-order valence-corrected chi connectivity index (χ3v) is 13.5. The fourth-order valence-electron chi connectivity index (χ4n) is 9.27. The Morgan fingerprint density at radius 2 is 0.898 bits per heavy atom. The van der Waals surface area contributed by atoms with Gasteiger partial charge in [0.25, 0.3) is 0 Å². The van der Waals surface area contributed by atoms with Gasteiger partial charge in [-0.2, -0.15) is 0 Å². The van der Waals surface area contributed by atoms with Crippen molar-refractivity contribution >= 4 is 48.6 Å². The van der Waals surface area contributed by atoms with E-state index in [-0.39, 0.29) is 5.41 Å². The minimum absolute atomic E-state index is 0.112. The van der Waals surface area contributed by atoms with Gasteiger partial charge in [0.05, 0.1) is 5.69 Å². The van der Waals surface area contributed by atoms with Crippen LogP contribution in [0.2, 0.25) is 0 Å². The van der Waals surface area contributed by atoms with Gasteiger partial charge in [0.2, 0.25) is 0 Å². The van der Waals surface area contributed by atoms with Crippen molar-refractivity contribution in [3.05, 3.63) is 223 Å². The van der Waals surface area contributed by atoms with Crippen LogP contribution in [0.15, 0.2) is 212 Å². The quantitative estimate of drug-likeness (QED) is 0.156. The molecule has 9 aromatic carbocycles. The van der Waals surface area contributed by atoms with Crippen molar-refractivity contribution in [3.8, 4) is 55.6 Å². The molecule has 0 saturated heterocycles. The highest BCUT2D eigenvalue weighted by molar-refractivity contribution is 7.26. The number of thiophene rings is 1. The van der Waals surface area contributed by atoms with Crippen LogP contribution in [0.5, 0.6) is 0 Å². The van der Waals surface area contributed by atoms with Crippen molar-refractivity contribution < 1.29 is 0 Å². The number of hydrogen-bond donors (Lipinski definition) is 0. The van der Waals surface area contributed by atoms with Crippen LogP contribution in [-0.4, -0.2) is 0 Å². The summed E-state index contributed by atoms with van der Waals surface area (Å²) in [6.45, 7) is 4.72. The molecule has 0 amide bonds. The zero-order valence-corrected chi connectivity index (χ0v) is 33.9. The molecule has 0 bridgehead atoms. The molecule has 10 aromatic rings. The second kappa shape index (κ2) is 14.1. The van der Waals surface area contributed by atoms with Crippen LogP contribution in [0.25, 0.3) is 75.8 Å². The molecule has 2 heteroatoms. The fourth-order valence-corrected chi connectivity index (χ4v) is 10.5. The Bertz CT molecular complexity index is 3160. The van der Waals surface area contributed by atoms with E-state index in [0.717, 1.165) is 17.1 Å². The lowest BCUT2D eigenvalue weighted by Gasteiger charge is -2.30. The molecular weight excluding hydrogens is 731 g/mol. The molecule has 0 fully saturated rings. The van der Waals surface area contributed by atoms with Crippen molar-refractivity contribution in [2.75, 3.05) is 4.90 Å². The first-order chi connectivity index (χ1) is 29.0. The number of nitrogens with zero attached hydrogens (tertiary/aromatic N) is 1. The van der Waals surface area contributed by atoms with Gasteiger partial charge in [-0.1, -0.05) is 178 Å². The third-order valence-electron chi connectivity index (χ3n) is 12.3. The summed E-state index contributed by atoms with van der Waals surface area (Å²) in [6, 6.07) is 78.0. The lowest BCUT2D eigenvalue weighted by Crippen LogP contribution is -2.16. The molecule has 1 heterocycles. The van der Waals surface area contributed by atoms with Crippen molar-refractivity contribution in [1.82, 2.24) is 0 Å². The average Bonchev–Trinajstić information content (AvgIpc) is 3.79. The molecule has 1 aliphatic rings. The summed E-state index contributed by atoms with van der Waals surface area (Å²) in [5.74, 6) is 0. The topological polar surface area (TPSA) is 3.24 Å². The minimum atomic E-state index is -0.112. The first-order valence-electron chi connectivity index (χ1n) is 20.4. The molecule has 1 nitrogen and oxygen atoms in total. The van der Waals surface area contributed by atoms with E-state index >= 15 is 0 Å². The van der Waals surface area contributed by atoms with E-state index in [1.807, 2.05) is 11.3 Å². The van der Waals surface area contributed by atoms with Crippen LogP contribution >= 0.6 is 11.3 Å². The van der Waals surface area contributed by atoms with Crippen LogP contribution in [0.1, 0.15) is 25.0 Å². The van der Waals surface area contributed by atoms with Gasteiger partial charge in [0.1, 0.15) is 0 Å². The Kier molecular flexibility index (Phi) is 8.43. The van der Waals surface area contributed by atoms with Crippen LogP contribution in [0.4, 0.5) is 17.1 Å². The number of rotatable bonds is 7. The summed E-state index contributed by atoms with van der Waals surface area (Å²) in [4.78, 5) is 2.45. The van der Waals surface area contributed by atoms with Gasteiger partial charge in [-0.3, -0.25) is 0 Å². The third kappa shape index (κ3) is 5.99. The van der Waals surface area contributed by atoms with Crippen LogP contribution in [-0.2, 0) is 5.41 Å². The predicted octanol–water partition coefficient (Wildman–Crippen LogP) is 16.5. The maximum Gasteiger partial charge on any atom is 0.0540 e. The van der Waals surface area contributed by atoms with Gasteiger partial charge in [-0.15, -0.1) is 11.3 Å². The number of fused-ring (bicyclic) bond motifs is 6. The largest absolute Gasteiger partial charge is 0.310 e. The summed E-state index contributed by atoms with van der Waals surface area (Å²) in [5, 5.41) is 2.60. The molecule has 0 N–H and O–H groups in total. The SMILES string of the molecule is CC1(C)c2ccccc2-c2ccc(N(c3ccc(-c4cc(-c5ccc(-c6ccccc6)cc5)cc5c4sc4ccccc45)cc3)c3ccccc3-c3ccccc3)cc21. The van der Waals surface area contributed by atoms with E-state index in [9.17, 15) is 0 Å². The summed E-state index contributed by atoms with van der Waals surface area (Å²) < 4.78 is 2.62. The number of anilines is 3.